The normalized spacial score (nSPS) is 18.6. The molecule has 0 atom stereocenters. The molecule has 0 unspecified atom stereocenters. The molecule has 33 heavy (non-hydrogen) atoms. The Labute approximate surface area is 198 Å². The predicted octanol–water partition coefficient (Wildman–Crippen LogP) is 6.31. The van der Waals surface area contributed by atoms with Crippen molar-refractivity contribution in [3.63, 3.8) is 0 Å². The highest BCUT2D eigenvalue weighted by Crippen LogP contribution is 2.35. The van der Waals surface area contributed by atoms with E-state index in [1.807, 2.05) is 40.7 Å². The molecule has 4 aromatic rings. The number of nitrogens with zero attached hydrogens (tertiary/aromatic N) is 3. The third kappa shape index (κ3) is 4.86. The second-order valence-corrected chi connectivity index (χ2v) is 10.2. The monoisotopic (exact) mass is 458 g/mol. The van der Waals surface area contributed by atoms with Crippen molar-refractivity contribution >= 4 is 28.1 Å². The molecule has 1 fully saturated rings. The lowest BCUT2D eigenvalue weighted by atomic mass is 9.81. The molecule has 3 aromatic heterocycles. The van der Waals surface area contributed by atoms with E-state index in [9.17, 15) is 4.79 Å². The fourth-order valence-electron chi connectivity index (χ4n) is 4.91. The summed E-state index contributed by atoms with van der Waals surface area (Å²) in [5.74, 6) is 0.965. The van der Waals surface area contributed by atoms with Gasteiger partial charge in [-0.3, -0.25) is 9.78 Å². The minimum absolute atomic E-state index is 0.0693. The third-order valence-electron chi connectivity index (χ3n) is 6.60. The largest absolute Gasteiger partial charge is 0.378 e. The van der Waals surface area contributed by atoms with Crippen molar-refractivity contribution in [3.8, 4) is 11.1 Å². The van der Waals surface area contributed by atoms with E-state index >= 15 is 0 Å². The summed E-state index contributed by atoms with van der Waals surface area (Å²) in [6, 6.07) is 13.1. The van der Waals surface area contributed by atoms with Crippen LogP contribution in [0, 0.1) is 5.92 Å². The number of fused-ring (bicyclic) bond motifs is 1. The lowest BCUT2D eigenvalue weighted by Crippen LogP contribution is -2.31. The molecule has 3 heterocycles. The van der Waals surface area contributed by atoms with Crippen molar-refractivity contribution < 1.29 is 0 Å². The smallest absolute Gasteiger partial charge is 0.273 e. The number of hydrogen-bond acceptors (Lipinski definition) is 5. The average molecular weight is 459 g/mol. The van der Waals surface area contributed by atoms with Gasteiger partial charge in [0.1, 0.15) is 5.69 Å². The molecule has 5 nitrogen and oxygen atoms in total. The number of aromatic nitrogens is 3. The third-order valence-corrected chi connectivity index (χ3v) is 7.19. The minimum atomic E-state index is 0.0693. The maximum absolute atomic E-state index is 13.2. The van der Waals surface area contributed by atoms with E-state index < -0.39 is 0 Å². The van der Waals surface area contributed by atoms with Gasteiger partial charge in [0, 0.05) is 53.1 Å². The lowest BCUT2D eigenvalue weighted by Gasteiger charge is -2.30. The summed E-state index contributed by atoms with van der Waals surface area (Å²) in [5.41, 5.74) is 5.34. The van der Waals surface area contributed by atoms with Gasteiger partial charge in [0.25, 0.3) is 5.56 Å². The van der Waals surface area contributed by atoms with Gasteiger partial charge in [0.2, 0.25) is 0 Å². The van der Waals surface area contributed by atoms with Crippen LogP contribution in [-0.2, 0) is 6.54 Å². The lowest BCUT2D eigenvalue weighted by molar-refractivity contribution is 0.412. The first-order valence-electron chi connectivity index (χ1n) is 11.8. The first kappa shape index (κ1) is 21.8. The molecule has 170 valence electrons. The van der Waals surface area contributed by atoms with Crippen molar-refractivity contribution in [2.75, 3.05) is 5.32 Å². The van der Waals surface area contributed by atoms with Crippen LogP contribution >= 0.6 is 11.5 Å². The van der Waals surface area contributed by atoms with Gasteiger partial charge in [-0.05, 0) is 78.9 Å². The molecule has 1 saturated carbocycles. The van der Waals surface area contributed by atoms with E-state index in [0.717, 1.165) is 42.3 Å². The SMILES string of the molecule is CC(C)Cn1cc(-c2cnsc2)cc(NC2CCC(c3ccc4ncccc4c3)CC2)c1=O. The molecule has 1 aliphatic carbocycles. The van der Waals surface area contributed by atoms with E-state index in [0.29, 0.717) is 30.1 Å². The Balaban J connectivity index is 1.32. The van der Waals surface area contributed by atoms with Crippen LogP contribution in [0.25, 0.3) is 22.0 Å². The Hall–Kier alpha value is -2.99. The molecule has 1 N–H and O–H groups in total. The quantitative estimate of drug-likeness (QED) is 0.368. The van der Waals surface area contributed by atoms with Gasteiger partial charge in [0.05, 0.1) is 5.52 Å². The maximum atomic E-state index is 13.2. The number of hydrogen-bond donors (Lipinski definition) is 1. The van der Waals surface area contributed by atoms with Crippen LogP contribution in [0.1, 0.15) is 51.0 Å². The van der Waals surface area contributed by atoms with Gasteiger partial charge in [-0.25, -0.2) is 4.37 Å². The summed E-state index contributed by atoms with van der Waals surface area (Å²) < 4.78 is 6.10. The summed E-state index contributed by atoms with van der Waals surface area (Å²) in [6.07, 6.45) is 10.1. The Morgan fingerprint density at radius 2 is 1.97 bits per heavy atom. The van der Waals surface area contributed by atoms with Crippen LogP contribution < -0.4 is 10.9 Å². The molecular weight excluding hydrogens is 428 g/mol. The molecule has 0 spiro atoms. The summed E-state index contributed by atoms with van der Waals surface area (Å²) in [6.45, 7) is 4.99. The van der Waals surface area contributed by atoms with Gasteiger partial charge >= 0.3 is 0 Å². The van der Waals surface area contributed by atoms with Crippen LogP contribution in [0.3, 0.4) is 0 Å². The minimum Gasteiger partial charge on any atom is -0.378 e. The molecular formula is C27H30N4OS. The molecule has 5 rings (SSSR count). The highest BCUT2D eigenvalue weighted by Gasteiger charge is 2.23. The van der Waals surface area contributed by atoms with Crippen molar-refractivity contribution in [2.24, 2.45) is 5.92 Å². The van der Waals surface area contributed by atoms with Gasteiger partial charge < -0.3 is 9.88 Å². The molecule has 6 heteroatoms. The van der Waals surface area contributed by atoms with Crippen LogP contribution in [0.15, 0.2) is 65.2 Å². The average Bonchev–Trinajstić information content (AvgIpc) is 3.36. The first-order valence-corrected chi connectivity index (χ1v) is 12.7. The number of benzene rings is 1. The zero-order chi connectivity index (χ0) is 22.8. The second-order valence-electron chi connectivity index (χ2n) is 9.56. The van der Waals surface area contributed by atoms with E-state index in [1.165, 1.54) is 22.5 Å². The Morgan fingerprint density at radius 1 is 1.12 bits per heavy atom. The number of pyridine rings is 2. The Kier molecular flexibility index (Phi) is 6.27. The maximum Gasteiger partial charge on any atom is 0.273 e. The fraction of sp³-hybridized carbons (Fsp3) is 0.370. The molecule has 0 radical (unpaired) electrons. The van der Waals surface area contributed by atoms with Crippen LogP contribution in [0.2, 0.25) is 0 Å². The summed E-state index contributed by atoms with van der Waals surface area (Å²) in [7, 11) is 0. The van der Waals surface area contributed by atoms with Gasteiger partial charge in [-0.1, -0.05) is 26.0 Å². The van der Waals surface area contributed by atoms with Crippen molar-refractivity contribution in [3.05, 3.63) is 76.3 Å². The van der Waals surface area contributed by atoms with Gasteiger partial charge in [0.15, 0.2) is 0 Å². The molecule has 1 aliphatic rings. The zero-order valence-electron chi connectivity index (χ0n) is 19.2. The fourth-order valence-corrected chi connectivity index (χ4v) is 5.46. The summed E-state index contributed by atoms with van der Waals surface area (Å²) in [4.78, 5) is 17.6. The van der Waals surface area contributed by atoms with Gasteiger partial charge in [-0.2, -0.15) is 0 Å². The first-order chi connectivity index (χ1) is 16.1. The Bertz CT molecular complexity index is 1290. The van der Waals surface area contributed by atoms with E-state index in [1.54, 1.807) is 0 Å². The van der Waals surface area contributed by atoms with Crippen molar-refractivity contribution in [1.29, 1.82) is 0 Å². The van der Waals surface area contributed by atoms with E-state index in [-0.39, 0.29) is 5.56 Å². The van der Waals surface area contributed by atoms with Gasteiger partial charge in [-0.15, -0.1) is 0 Å². The second kappa shape index (κ2) is 9.48. The number of anilines is 1. The summed E-state index contributed by atoms with van der Waals surface area (Å²) in [5, 5.41) is 6.85. The zero-order valence-corrected chi connectivity index (χ0v) is 20.0. The van der Waals surface area contributed by atoms with Crippen LogP contribution in [0.5, 0.6) is 0 Å². The molecule has 1 aromatic carbocycles. The highest BCUT2D eigenvalue weighted by atomic mass is 32.1. The van der Waals surface area contributed by atoms with Crippen LogP contribution in [0.4, 0.5) is 5.69 Å². The van der Waals surface area contributed by atoms with E-state index in [4.69, 9.17) is 0 Å². The van der Waals surface area contributed by atoms with Crippen molar-refractivity contribution in [1.82, 2.24) is 13.9 Å². The van der Waals surface area contributed by atoms with Crippen molar-refractivity contribution in [2.45, 2.75) is 58.0 Å². The van der Waals surface area contributed by atoms with Crippen LogP contribution in [-0.4, -0.2) is 20.0 Å². The molecule has 0 bridgehead atoms. The highest BCUT2D eigenvalue weighted by molar-refractivity contribution is 7.03. The summed E-state index contributed by atoms with van der Waals surface area (Å²) >= 11 is 1.44. The van der Waals surface area contributed by atoms with E-state index in [2.05, 4.69) is 52.8 Å². The topological polar surface area (TPSA) is 59.8 Å². The molecule has 0 aliphatic heterocycles. The molecule has 0 amide bonds. The molecule has 0 saturated heterocycles. The predicted molar refractivity (Wildman–Crippen MR) is 137 cm³/mol. The Morgan fingerprint density at radius 3 is 2.73 bits per heavy atom. The number of nitrogens with one attached hydrogen (secondary N) is 1. The standard InChI is InChI=1S/C27H30N4OS/c1-18(2)15-31-16-22(23-14-29-33-17-23)13-26(27(31)32)30-24-8-5-19(6-9-24)20-7-10-25-21(12-20)4-3-11-28-25/h3-4,7,10-14,16-19,24,30H,5-6,8-9,15H2,1-2H3. The number of rotatable bonds is 6.